The van der Waals surface area contributed by atoms with E-state index in [2.05, 4.69) is 10.6 Å². The molecule has 0 saturated carbocycles. The second-order valence-electron chi connectivity index (χ2n) is 4.93. The van der Waals surface area contributed by atoms with E-state index in [0.29, 0.717) is 5.69 Å². The van der Waals surface area contributed by atoms with Gasteiger partial charge in [-0.3, -0.25) is 29.4 Å². The van der Waals surface area contributed by atoms with E-state index in [4.69, 9.17) is 0 Å². The summed E-state index contributed by atoms with van der Waals surface area (Å²) in [4.78, 5) is 49.0. The summed E-state index contributed by atoms with van der Waals surface area (Å²) < 4.78 is 0. The van der Waals surface area contributed by atoms with Gasteiger partial charge in [0.05, 0.1) is 11.1 Å². The van der Waals surface area contributed by atoms with Crippen LogP contribution < -0.4 is 10.6 Å². The highest BCUT2D eigenvalue weighted by molar-refractivity contribution is 6.25. The Balaban J connectivity index is 2.00. The minimum atomic E-state index is -0.931. The van der Waals surface area contributed by atoms with E-state index < -0.39 is 23.8 Å². The van der Waals surface area contributed by atoms with Gasteiger partial charge in [0.1, 0.15) is 6.04 Å². The lowest BCUT2D eigenvalue weighted by molar-refractivity contribution is -0.136. The van der Waals surface area contributed by atoms with Crippen LogP contribution in [0.1, 0.15) is 33.6 Å². The second-order valence-corrected chi connectivity index (χ2v) is 4.93. The standard InChI is InChI=1S/C14H13N3O4/c1-15-8-4-2-3-7-11(8)14(21)17(13(7)20)9-5-6-10(18)16-12(9)19/h2-4,9,15H,5-6H2,1H3,(H,16,18,19). The zero-order valence-corrected chi connectivity index (χ0v) is 11.3. The average Bonchev–Trinajstić information content (AvgIpc) is 2.72. The van der Waals surface area contributed by atoms with Crippen LogP contribution in [0.4, 0.5) is 5.69 Å². The molecule has 108 valence electrons. The van der Waals surface area contributed by atoms with E-state index in [1.54, 1.807) is 25.2 Å². The van der Waals surface area contributed by atoms with Crippen molar-refractivity contribution in [1.82, 2.24) is 10.2 Å². The summed E-state index contributed by atoms with van der Waals surface area (Å²) in [5.74, 6) is -1.99. The molecule has 1 atom stereocenters. The SMILES string of the molecule is CNc1cccc2c1C(=O)N(C1CCC(=O)NC1=O)C2=O. The van der Waals surface area contributed by atoms with Gasteiger partial charge in [-0.05, 0) is 18.6 Å². The van der Waals surface area contributed by atoms with Crippen molar-refractivity contribution in [3.05, 3.63) is 29.3 Å². The predicted molar refractivity (Wildman–Crippen MR) is 72.7 cm³/mol. The van der Waals surface area contributed by atoms with E-state index in [9.17, 15) is 19.2 Å². The number of nitrogens with zero attached hydrogens (tertiary/aromatic N) is 1. The van der Waals surface area contributed by atoms with Crippen molar-refractivity contribution in [3.8, 4) is 0 Å². The molecular formula is C14H13N3O4. The summed E-state index contributed by atoms with van der Waals surface area (Å²) >= 11 is 0. The van der Waals surface area contributed by atoms with Crippen LogP contribution in [-0.4, -0.2) is 41.6 Å². The number of nitrogens with one attached hydrogen (secondary N) is 2. The van der Waals surface area contributed by atoms with Crippen molar-refractivity contribution in [3.63, 3.8) is 0 Å². The zero-order chi connectivity index (χ0) is 15.1. The van der Waals surface area contributed by atoms with Crippen LogP contribution in [0.3, 0.4) is 0 Å². The highest BCUT2D eigenvalue weighted by atomic mass is 16.2. The van der Waals surface area contributed by atoms with Gasteiger partial charge in [-0.25, -0.2) is 0 Å². The number of carbonyl (C=O) groups excluding carboxylic acids is 4. The van der Waals surface area contributed by atoms with Crippen LogP contribution in [-0.2, 0) is 9.59 Å². The van der Waals surface area contributed by atoms with Crippen molar-refractivity contribution in [2.45, 2.75) is 18.9 Å². The summed E-state index contributed by atoms with van der Waals surface area (Å²) in [5.41, 5.74) is 1.09. The zero-order valence-electron chi connectivity index (χ0n) is 11.3. The molecular weight excluding hydrogens is 274 g/mol. The number of amides is 4. The number of hydrogen-bond acceptors (Lipinski definition) is 5. The van der Waals surface area contributed by atoms with Gasteiger partial charge in [-0.1, -0.05) is 6.07 Å². The first-order valence-corrected chi connectivity index (χ1v) is 6.57. The third-order valence-corrected chi connectivity index (χ3v) is 3.74. The number of imide groups is 2. The first-order valence-electron chi connectivity index (χ1n) is 6.57. The number of carbonyl (C=O) groups is 4. The summed E-state index contributed by atoms with van der Waals surface area (Å²) in [6, 6.07) is 3.99. The number of benzene rings is 1. The molecule has 0 spiro atoms. The molecule has 2 aliphatic heterocycles. The highest BCUT2D eigenvalue weighted by Crippen LogP contribution is 2.31. The Morgan fingerprint density at radius 1 is 1.19 bits per heavy atom. The van der Waals surface area contributed by atoms with Crippen LogP contribution in [0, 0.1) is 0 Å². The molecule has 1 saturated heterocycles. The Labute approximate surface area is 120 Å². The molecule has 1 fully saturated rings. The summed E-state index contributed by atoms with van der Waals surface area (Å²) in [6.45, 7) is 0. The highest BCUT2D eigenvalue weighted by Gasteiger charge is 2.45. The van der Waals surface area contributed by atoms with Crippen molar-refractivity contribution in [1.29, 1.82) is 0 Å². The fourth-order valence-electron chi connectivity index (χ4n) is 2.72. The van der Waals surface area contributed by atoms with Crippen molar-refractivity contribution >= 4 is 29.3 Å². The lowest BCUT2D eigenvalue weighted by Gasteiger charge is -2.27. The van der Waals surface area contributed by atoms with Gasteiger partial charge >= 0.3 is 0 Å². The average molecular weight is 287 g/mol. The minimum Gasteiger partial charge on any atom is -0.387 e. The van der Waals surface area contributed by atoms with Gasteiger partial charge in [-0.2, -0.15) is 0 Å². The largest absolute Gasteiger partial charge is 0.387 e. The molecule has 0 bridgehead atoms. The molecule has 1 aromatic carbocycles. The van der Waals surface area contributed by atoms with E-state index in [0.717, 1.165) is 4.90 Å². The summed E-state index contributed by atoms with van der Waals surface area (Å²) in [5, 5.41) is 5.03. The summed E-state index contributed by atoms with van der Waals surface area (Å²) in [7, 11) is 1.65. The topological polar surface area (TPSA) is 95.6 Å². The predicted octanol–water partition coefficient (Wildman–Crippen LogP) is 0.129. The third kappa shape index (κ3) is 1.89. The van der Waals surface area contributed by atoms with Crippen LogP contribution in [0.5, 0.6) is 0 Å². The number of anilines is 1. The Morgan fingerprint density at radius 3 is 2.62 bits per heavy atom. The van der Waals surface area contributed by atoms with Gasteiger partial charge in [0, 0.05) is 19.2 Å². The molecule has 2 aliphatic rings. The molecule has 0 aromatic heterocycles. The monoisotopic (exact) mass is 287 g/mol. The van der Waals surface area contributed by atoms with Crippen LogP contribution in [0.2, 0.25) is 0 Å². The molecule has 4 amide bonds. The maximum atomic E-state index is 12.5. The lowest BCUT2D eigenvalue weighted by Crippen LogP contribution is -2.54. The van der Waals surface area contributed by atoms with Crippen molar-refractivity contribution < 1.29 is 19.2 Å². The number of hydrogen-bond donors (Lipinski definition) is 2. The Hall–Kier alpha value is -2.70. The van der Waals surface area contributed by atoms with Crippen LogP contribution in [0.25, 0.3) is 0 Å². The molecule has 3 rings (SSSR count). The first-order chi connectivity index (χ1) is 10.0. The van der Waals surface area contributed by atoms with Gasteiger partial charge in [-0.15, -0.1) is 0 Å². The molecule has 21 heavy (non-hydrogen) atoms. The van der Waals surface area contributed by atoms with Gasteiger partial charge in [0.25, 0.3) is 11.8 Å². The Bertz CT molecular complexity index is 683. The van der Waals surface area contributed by atoms with Gasteiger partial charge in [0.15, 0.2) is 0 Å². The van der Waals surface area contributed by atoms with E-state index in [1.807, 2.05) is 0 Å². The minimum absolute atomic E-state index is 0.114. The molecule has 7 heteroatoms. The van der Waals surface area contributed by atoms with Crippen LogP contribution >= 0.6 is 0 Å². The molecule has 7 nitrogen and oxygen atoms in total. The van der Waals surface area contributed by atoms with E-state index in [-0.39, 0.29) is 29.9 Å². The maximum Gasteiger partial charge on any atom is 0.264 e. The fourth-order valence-corrected chi connectivity index (χ4v) is 2.72. The van der Waals surface area contributed by atoms with Crippen LogP contribution in [0.15, 0.2) is 18.2 Å². The second kappa shape index (κ2) is 4.69. The van der Waals surface area contributed by atoms with E-state index >= 15 is 0 Å². The first kappa shape index (κ1) is 13.3. The molecule has 0 radical (unpaired) electrons. The number of fused-ring (bicyclic) bond motifs is 1. The van der Waals surface area contributed by atoms with Crippen molar-refractivity contribution in [2.75, 3.05) is 12.4 Å². The quantitative estimate of drug-likeness (QED) is 0.754. The fraction of sp³-hybridized carbons (Fsp3) is 0.286. The molecule has 1 aromatic rings. The Kier molecular flexibility index (Phi) is 2.97. The number of piperidine rings is 1. The van der Waals surface area contributed by atoms with E-state index in [1.165, 1.54) is 0 Å². The summed E-state index contributed by atoms with van der Waals surface area (Å²) in [6.07, 6.45) is 0.272. The molecule has 0 aliphatic carbocycles. The molecule has 2 heterocycles. The molecule has 2 N–H and O–H groups in total. The van der Waals surface area contributed by atoms with Crippen molar-refractivity contribution in [2.24, 2.45) is 0 Å². The van der Waals surface area contributed by atoms with Gasteiger partial charge in [0.2, 0.25) is 11.8 Å². The lowest BCUT2D eigenvalue weighted by atomic mass is 10.0. The smallest absolute Gasteiger partial charge is 0.264 e. The number of rotatable bonds is 2. The maximum absolute atomic E-state index is 12.5. The third-order valence-electron chi connectivity index (χ3n) is 3.74. The molecule has 1 unspecified atom stereocenters. The normalized spacial score (nSPS) is 21.4. The van der Waals surface area contributed by atoms with Gasteiger partial charge < -0.3 is 5.32 Å². The Morgan fingerprint density at radius 2 is 1.95 bits per heavy atom.